The molecule has 24 heavy (non-hydrogen) atoms. The molecule has 0 aliphatic carbocycles. The number of carbonyl (C=O) groups excluding carboxylic acids is 2. The van der Waals surface area contributed by atoms with Gasteiger partial charge in [0.2, 0.25) is 5.91 Å². The van der Waals surface area contributed by atoms with Gasteiger partial charge in [0.15, 0.2) is 0 Å². The van der Waals surface area contributed by atoms with Gasteiger partial charge in [0, 0.05) is 6.07 Å². The second kappa shape index (κ2) is 8.05. The van der Waals surface area contributed by atoms with Crippen molar-refractivity contribution in [2.45, 2.75) is 19.9 Å². The summed E-state index contributed by atoms with van der Waals surface area (Å²) < 4.78 is 15.5. The highest BCUT2D eigenvalue weighted by Gasteiger charge is 2.19. The highest BCUT2D eigenvalue weighted by atomic mass is 16.5. The average Bonchev–Trinajstić information content (AvgIpc) is 3.11. The quantitative estimate of drug-likeness (QED) is 0.813. The first-order valence-electron chi connectivity index (χ1n) is 7.50. The topological polar surface area (TPSA) is 89.8 Å². The van der Waals surface area contributed by atoms with Gasteiger partial charge in [-0.2, -0.15) is 0 Å². The van der Waals surface area contributed by atoms with Gasteiger partial charge >= 0.3 is 0 Å². The monoisotopic (exact) mass is 332 g/mol. The lowest BCUT2D eigenvalue weighted by Gasteiger charge is -2.16. The molecule has 1 atom stereocenters. The van der Waals surface area contributed by atoms with Crippen LogP contribution in [-0.2, 0) is 4.79 Å². The van der Waals surface area contributed by atoms with Crippen molar-refractivity contribution in [1.82, 2.24) is 5.32 Å². The van der Waals surface area contributed by atoms with E-state index in [0.717, 1.165) is 0 Å². The molecular weight excluding hydrogens is 312 g/mol. The number of anilines is 1. The Morgan fingerprint density at radius 1 is 1.29 bits per heavy atom. The zero-order valence-electron chi connectivity index (χ0n) is 13.8. The number of amides is 2. The van der Waals surface area contributed by atoms with Crippen LogP contribution in [0, 0.1) is 0 Å². The van der Waals surface area contributed by atoms with Crippen molar-refractivity contribution >= 4 is 17.5 Å². The Bertz CT molecular complexity index is 697. The van der Waals surface area contributed by atoms with E-state index in [1.165, 1.54) is 25.7 Å². The van der Waals surface area contributed by atoms with Gasteiger partial charge in [-0.25, -0.2) is 0 Å². The third-order valence-electron chi connectivity index (χ3n) is 3.27. The normalized spacial score (nSPS) is 11.5. The number of benzene rings is 1. The lowest BCUT2D eigenvalue weighted by Crippen LogP contribution is -2.41. The van der Waals surface area contributed by atoms with Gasteiger partial charge in [-0.3, -0.25) is 9.59 Å². The third kappa shape index (κ3) is 4.28. The first-order chi connectivity index (χ1) is 11.5. The van der Waals surface area contributed by atoms with Crippen LogP contribution in [0.5, 0.6) is 11.5 Å². The van der Waals surface area contributed by atoms with E-state index >= 15 is 0 Å². The molecule has 0 aliphatic heterocycles. The molecule has 0 radical (unpaired) electrons. The molecule has 7 nitrogen and oxygen atoms in total. The van der Waals surface area contributed by atoms with Gasteiger partial charge in [0.25, 0.3) is 5.91 Å². The van der Waals surface area contributed by atoms with Gasteiger partial charge in [-0.15, -0.1) is 0 Å². The molecule has 0 bridgehead atoms. The van der Waals surface area contributed by atoms with Crippen LogP contribution < -0.4 is 20.1 Å². The highest BCUT2D eigenvalue weighted by molar-refractivity contribution is 6.01. The van der Waals surface area contributed by atoms with Gasteiger partial charge in [-0.05, 0) is 32.0 Å². The SMILES string of the molecule is CCOc1ccc(OC)cc1NC(=O)C(C)NC(=O)c1ccoc1. The summed E-state index contributed by atoms with van der Waals surface area (Å²) in [5.74, 6) is 0.354. The van der Waals surface area contributed by atoms with Gasteiger partial charge in [0.05, 0.1) is 31.2 Å². The molecule has 2 rings (SSSR count). The van der Waals surface area contributed by atoms with Gasteiger partial charge in [-0.1, -0.05) is 0 Å². The van der Waals surface area contributed by atoms with Crippen LogP contribution in [0.4, 0.5) is 5.69 Å². The van der Waals surface area contributed by atoms with E-state index in [2.05, 4.69) is 10.6 Å². The minimum atomic E-state index is -0.743. The molecule has 2 aromatic rings. The van der Waals surface area contributed by atoms with E-state index in [-0.39, 0.29) is 11.8 Å². The van der Waals surface area contributed by atoms with Crippen LogP contribution >= 0.6 is 0 Å². The molecule has 2 amide bonds. The van der Waals surface area contributed by atoms with Gasteiger partial charge < -0.3 is 24.5 Å². The second-order valence-corrected chi connectivity index (χ2v) is 4.99. The Labute approximate surface area is 139 Å². The number of hydrogen-bond donors (Lipinski definition) is 2. The lowest BCUT2D eigenvalue weighted by atomic mass is 10.2. The zero-order valence-corrected chi connectivity index (χ0v) is 13.8. The zero-order chi connectivity index (χ0) is 17.5. The fourth-order valence-corrected chi connectivity index (χ4v) is 2.00. The van der Waals surface area contributed by atoms with Crippen molar-refractivity contribution in [1.29, 1.82) is 0 Å². The molecule has 0 saturated heterocycles. The van der Waals surface area contributed by atoms with E-state index < -0.39 is 6.04 Å². The molecule has 1 aromatic heterocycles. The Hall–Kier alpha value is -2.96. The largest absolute Gasteiger partial charge is 0.497 e. The minimum absolute atomic E-state index is 0.353. The molecule has 0 aliphatic rings. The van der Waals surface area contributed by atoms with E-state index in [9.17, 15) is 9.59 Å². The summed E-state index contributed by atoms with van der Waals surface area (Å²) in [4.78, 5) is 24.3. The molecule has 1 heterocycles. The Morgan fingerprint density at radius 3 is 2.71 bits per heavy atom. The summed E-state index contributed by atoms with van der Waals surface area (Å²) in [6.07, 6.45) is 2.71. The fraction of sp³-hybridized carbons (Fsp3) is 0.294. The highest BCUT2D eigenvalue weighted by Crippen LogP contribution is 2.29. The number of methoxy groups -OCH3 is 1. The number of hydrogen-bond acceptors (Lipinski definition) is 5. The van der Waals surface area contributed by atoms with Crippen LogP contribution in [0.15, 0.2) is 41.2 Å². The van der Waals surface area contributed by atoms with Crippen LogP contribution in [0.25, 0.3) is 0 Å². The maximum absolute atomic E-state index is 12.3. The van der Waals surface area contributed by atoms with Crippen molar-refractivity contribution in [2.24, 2.45) is 0 Å². The number of rotatable bonds is 7. The maximum atomic E-state index is 12.3. The summed E-state index contributed by atoms with van der Waals surface area (Å²) in [5, 5.41) is 5.34. The lowest BCUT2D eigenvalue weighted by molar-refractivity contribution is -0.117. The summed E-state index contributed by atoms with van der Waals surface area (Å²) in [6, 6.07) is 5.90. The molecule has 7 heteroatoms. The number of ether oxygens (including phenoxy) is 2. The van der Waals surface area contributed by atoms with Crippen molar-refractivity contribution in [2.75, 3.05) is 19.0 Å². The van der Waals surface area contributed by atoms with E-state index in [1.807, 2.05) is 6.92 Å². The van der Waals surface area contributed by atoms with Crippen molar-refractivity contribution in [3.05, 3.63) is 42.4 Å². The molecule has 0 fully saturated rings. The Balaban J connectivity index is 2.06. The standard InChI is InChI=1S/C17H20N2O5/c1-4-24-15-6-5-13(22-3)9-14(15)19-16(20)11(2)18-17(21)12-7-8-23-10-12/h5-11H,4H2,1-3H3,(H,18,21)(H,19,20). The molecule has 1 aromatic carbocycles. The van der Waals surface area contributed by atoms with Crippen LogP contribution in [0.3, 0.4) is 0 Å². The van der Waals surface area contributed by atoms with Gasteiger partial charge in [0.1, 0.15) is 23.8 Å². The number of carbonyl (C=O) groups is 2. The fourth-order valence-electron chi connectivity index (χ4n) is 2.00. The summed E-state index contributed by atoms with van der Waals surface area (Å²) >= 11 is 0. The predicted octanol–water partition coefficient (Wildman–Crippen LogP) is 2.44. The van der Waals surface area contributed by atoms with E-state index in [4.69, 9.17) is 13.9 Å². The second-order valence-electron chi connectivity index (χ2n) is 4.99. The van der Waals surface area contributed by atoms with Crippen LogP contribution in [0.2, 0.25) is 0 Å². The van der Waals surface area contributed by atoms with Crippen LogP contribution in [0.1, 0.15) is 24.2 Å². The Kier molecular flexibility index (Phi) is 5.83. The smallest absolute Gasteiger partial charge is 0.255 e. The third-order valence-corrected chi connectivity index (χ3v) is 3.27. The Morgan fingerprint density at radius 2 is 2.08 bits per heavy atom. The minimum Gasteiger partial charge on any atom is -0.497 e. The number of furan rings is 1. The number of nitrogens with one attached hydrogen (secondary N) is 2. The van der Waals surface area contributed by atoms with Crippen LogP contribution in [-0.4, -0.2) is 31.6 Å². The molecule has 0 saturated carbocycles. The maximum Gasteiger partial charge on any atom is 0.255 e. The summed E-state index contributed by atoms with van der Waals surface area (Å²) in [7, 11) is 1.54. The first kappa shape index (κ1) is 17.4. The van der Waals surface area contributed by atoms with Crippen molar-refractivity contribution < 1.29 is 23.5 Å². The van der Waals surface area contributed by atoms with Crippen molar-refractivity contribution in [3.8, 4) is 11.5 Å². The van der Waals surface area contributed by atoms with Crippen molar-refractivity contribution in [3.63, 3.8) is 0 Å². The van der Waals surface area contributed by atoms with E-state index in [0.29, 0.717) is 29.4 Å². The predicted molar refractivity (Wildman–Crippen MR) is 88.4 cm³/mol. The summed E-state index contributed by atoms with van der Waals surface area (Å²) in [6.45, 7) is 3.90. The summed E-state index contributed by atoms with van der Waals surface area (Å²) in [5.41, 5.74) is 0.830. The average molecular weight is 332 g/mol. The molecule has 128 valence electrons. The molecule has 1 unspecified atom stereocenters. The molecule has 2 N–H and O–H groups in total. The molecule has 0 spiro atoms. The first-order valence-corrected chi connectivity index (χ1v) is 7.50. The molecular formula is C17H20N2O5. The van der Waals surface area contributed by atoms with E-state index in [1.54, 1.807) is 25.1 Å².